The third kappa shape index (κ3) is 4.45. The first-order valence-electron chi connectivity index (χ1n) is 9.29. The Morgan fingerprint density at radius 2 is 1.63 bits per heavy atom. The number of imidazole rings is 1. The normalized spacial score (nSPS) is 11.0. The maximum absolute atomic E-state index is 12.9. The molecule has 0 saturated heterocycles. The molecule has 0 atom stereocenters. The van der Waals surface area contributed by atoms with Crippen molar-refractivity contribution in [2.24, 2.45) is 0 Å². The molecule has 3 aromatic rings. The van der Waals surface area contributed by atoms with Gasteiger partial charge in [-0.2, -0.15) is 0 Å². The predicted molar refractivity (Wildman–Crippen MR) is 104 cm³/mol. The second kappa shape index (κ2) is 8.66. The largest absolute Gasteiger partial charge is 0.356 e. The second-order valence-electron chi connectivity index (χ2n) is 6.55. The Morgan fingerprint density at radius 1 is 1.00 bits per heavy atom. The molecule has 0 aliphatic rings. The predicted octanol–water partition coefficient (Wildman–Crippen LogP) is 3.10. The fraction of sp³-hybridized carbons (Fsp3) is 0.333. The fourth-order valence-electron chi connectivity index (χ4n) is 3.23. The average Bonchev–Trinajstić information content (AvgIpc) is 2.94. The molecule has 142 valence electrons. The molecule has 27 heavy (non-hydrogen) atoms. The zero-order valence-electron chi connectivity index (χ0n) is 15.5. The highest BCUT2D eigenvalue weighted by Gasteiger charge is 2.13. The number of rotatable bonds is 8. The van der Waals surface area contributed by atoms with Crippen molar-refractivity contribution in [1.82, 2.24) is 14.5 Å². The van der Waals surface area contributed by atoms with E-state index >= 15 is 0 Å². The Hall–Kier alpha value is -2.89. The van der Waals surface area contributed by atoms with E-state index in [-0.39, 0.29) is 23.8 Å². The molecular formula is C21H24FN3O2. The Morgan fingerprint density at radius 3 is 2.26 bits per heavy atom. The number of nitrogens with zero attached hydrogens (tertiary/aromatic N) is 2. The first-order valence-corrected chi connectivity index (χ1v) is 9.29. The third-order valence-corrected chi connectivity index (χ3v) is 4.58. The molecule has 0 bridgehead atoms. The molecule has 1 amide bonds. The van der Waals surface area contributed by atoms with Crippen molar-refractivity contribution in [3.63, 3.8) is 0 Å². The van der Waals surface area contributed by atoms with E-state index in [1.807, 2.05) is 31.2 Å². The summed E-state index contributed by atoms with van der Waals surface area (Å²) in [5, 5.41) is 2.86. The van der Waals surface area contributed by atoms with Crippen molar-refractivity contribution < 1.29 is 9.18 Å². The molecule has 0 fully saturated rings. The van der Waals surface area contributed by atoms with E-state index in [0.29, 0.717) is 26.1 Å². The number of hydrogen-bond acceptors (Lipinski definition) is 2. The zero-order chi connectivity index (χ0) is 19.2. The summed E-state index contributed by atoms with van der Waals surface area (Å²) in [5.41, 5.74) is 2.66. The van der Waals surface area contributed by atoms with Crippen LogP contribution >= 0.6 is 0 Å². The molecular weight excluding hydrogens is 345 g/mol. The van der Waals surface area contributed by atoms with Gasteiger partial charge in [0.2, 0.25) is 5.91 Å². The number of aromatic nitrogens is 2. The van der Waals surface area contributed by atoms with Crippen LogP contribution in [-0.2, 0) is 24.3 Å². The minimum atomic E-state index is -0.268. The van der Waals surface area contributed by atoms with Crippen molar-refractivity contribution in [2.75, 3.05) is 6.54 Å². The van der Waals surface area contributed by atoms with Gasteiger partial charge in [0, 0.05) is 26.1 Å². The smallest absolute Gasteiger partial charge is 0.329 e. The van der Waals surface area contributed by atoms with E-state index in [9.17, 15) is 14.0 Å². The molecule has 0 spiro atoms. The van der Waals surface area contributed by atoms with E-state index in [4.69, 9.17) is 0 Å². The van der Waals surface area contributed by atoms with E-state index in [2.05, 4.69) is 5.32 Å². The zero-order valence-corrected chi connectivity index (χ0v) is 15.5. The standard InChI is InChI=1S/C21H24FN3O2/c1-2-14-24-18-5-3-4-6-19(18)25(21(24)27)15-12-20(26)23-13-11-16-7-9-17(22)10-8-16/h3-10H,2,11-15H2,1H3,(H,23,26). The van der Waals surface area contributed by atoms with Crippen LogP contribution in [0.15, 0.2) is 53.3 Å². The van der Waals surface area contributed by atoms with Crippen molar-refractivity contribution in [1.29, 1.82) is 0 Å². The van der Waals surface area contributed by atoms with Crippen LogP contribution in [0.5, 0.6) is 0 Å². The highest BCUT2D eigenvalue weighted by atomic mass is 19.1. The highest BCUT2D eigenvalue weighted by molar-refractivity contribution is 5.78. The molecule has 3 rings (SSSR count). The van der Waals surface area contributed by atoms with E-state index < -0.39 is 0 Å². The lowest BCUT2D eigenvalue weighted by Gasteiger charge is -2.06. The van der Waals surface area contributed by atoms with Gasteiger partial charge in [-0.3, -0.25) is 13.9 Å². The van der Waals surface area contributed by atoms with Gasteiger partial charge in [-0.25, -0.2) is 9.18 Å². The van der Waals surface area contributed by atoms with Gasteiger partial charge in [0.1, 0.15) is 5.82 Å². The van der Waals surface area contributed by atoms with Gasteiger partial charge in [0.25, 0.3) is 0 Å². The molecule has 2 aromatic carbocycles. The van der Waals surface area contributed by atoms with Crippen LogP contribution in [0.4, 0.5) is 4.39 Å². The quantitative estimate of drug-likeness (QED) is 0.663. The lowest BCUT2D eigenvalue weighted by atomic mass is 10.1. The van der Waals surface area contributed by atoms with Crippen LogP contribution in [-0.4, -0.2) is 21.6 Å². The van der Waals surface area contributed by atoms with Crippen LogP contribution < -0.4 is 11.0 Å². The van der Waals surface area contributed by atoms with Gasteiger partial charge in [-0.1, -0.05) is 31.2 Å². The number of nitrogens with one attached hydrogen (secondary N) is 1. The molecule has 0 aliphatic heterocycles. The van der Waals surface area contributed by atoms with Crippen LogP contribution in [0.2, 0.25) is 0 Å². The molecule has 1 aromatic heterocycles. The van der Waals surface area contributed by atoms with Gasteiger partial charge in [-0.05, 0) is 42.7 Å². The molecule has 0 unspecified atom stereocenters. The lowest BCUT2D eigenvalue weighted by Crippen LogP contribution is -2.29. The maximum atomic E-state index is 12.9. The molecule has 5 nitrogen and oxygen atoms in total. The van der Waals surface area contributed by atoms with Crippen molar-refractivity contribution >= 4 is 16.9 Å². The Labute approximate surface area is 157 Å². The first kappa shape index (κ1) is 18.9. The molecule has 0 saturated carbocycles. The topological polar surface area (TPSA) is 56.0 Å². The minimum absolute atomic E-state index is 0.0721. The number of para-hydroxylation sites is 2. The summed E-state index contributed by atoms with van der Waals surface area (Å²) in [7, 11) is 0. The number of benzene rings is 2. The van der Waals surface area contributed by atoms with Crippen LogP contribution in [0.1, 0.15) is 25.3 Å². The Balaban J connectivity index is 1.59. The number of carbonyl (C=O) groups is 1. The van der Waals surface area contributed by atoms with Gasteiger partial charge in [0.15, 0.2) is 0 Å². The highest BCUT2D eigenvalue weighted by Crippen LogP contribution is 2.13. The van der Waals surface area contributed by atoms with Gasteiger partial charge in [0.05, 0.1) is 11.0 Å². The second-order valence-corrected chi connectivity index (χ2v) is 6.55. The van der Waals surface area contributed by atoms with Gasteiger partial charge >= 0.3 is 5.69 Å². The number of halogens is 1. The van der Waals surface area contributed by atoms with E-state index in [1.165, 1.54) is 12.1 Å². The van der Waals surface area contributed by atoms with E-state index in [1.54, 1.807) is 21.3 Å². The molecule has 1 N–H and O–H groups in total. The molecule has 6 heteroatoms. The number of hydrogen-bond donors (Lipinski definition) is 1. The number of carbonyl (C=O) groups excluding carboxylic acids is 1. The summed E-state index contributed by atoms with van der Waals surface area (Å²) < 4.78 is 16.3. The molecule has 1 heterocycles. The van der Waals surface area contributed by atoms with Gasteiger partial charge < -0.3 is 5.32 Å². The maximum Gasteiger partial charge on any atom is 0.329 e. The first-order chi connectivity index (χ1) is 13.1. The summed E-state index contributed by atoms with van der Waals surface area (Å²) in [4.78, 5) is 24.8. The fourth-order valence-corrected chi connectivity index (χ4v) is 3.23. The minimum Gasteiger partial charge on any atom is -0.356 e. The lowest BCUT2D eigenvalue weighted by molar-refractivity contribution is -0.121. The average molecular weight is 369 g/mol. The molecule has 0 radical (unpaired) electrons. The van der Waals surface area contributed by atoms with Crippen LogP contribution in [0.25, 0.3) is 11.0 Å². The van der Waals surface area contributed by atoms with Crippen molar-refractivity contribution in [3.8, 4) is 0 Å². The summed E-state index contributed by atoms with van der Waals surface area (Å²) in [6.07, 6.45) is 1.75. The van der Waals surface area contributed by atoms with E-state index in [0.717, 1.165) is 23.0 Å². The Kier molecular flexibility index (Phi) is 6.06. The van der Waals surface area contributed by atoms with Crippen LogP contribution in [0, 0.1) is 5.82 Å². The summed E-state index contributed by atoms with van der Waals surface area (Å²) in [6, 6.07) is 13.9. The van der Waals surface area contributed by atoms with Gasteiger partial charge in [-0.15, -0.1) is 0 Å². The monoisotopic (exact) mass is 369 g/mol. The summed E-state index contributed by atoms with van der Waals surface area (Å²) >= 11 is 0. The number of aryl methyl sites for hydroxylation is 2. The number of fused-ring (bicyclic) bond motifs is 1. The molecule has 0 aliphatic carbocycles. The van der Waals surface area contributed by atoms with Crippen molar-refractivity contribution in [2.45, 2.75) is 39.3 Å². The van der Waals surface area contributed by atoms with Crippen LogP contribution in [0.3, 0.4) is 0 Å². The summed E-state index contributed by atoms with van der Waals surface area (Å²) in [5.74, 6) is -0.369. The number of amides is 1. The summed E-state index contributed by atoms with van der Waals surface area (Å²) in [6.45, 7) is 3.53. The van der Waals surface area contributed by atoms with Crippen molar-refractivity contribution in [3.05, 3.63) is 70.4 Å². The Bertz CT molecular complexity index is 973. The SMILES string of the molecule is CCCn1c(=O)n(CCC(=O)NCCc2ccc(F)cc2)c2ccccc21. The third-order valence-electron chi connectivity index (χ3n) is 4.58.